The second-order valence-electron chi connectivity index (χ2n) is 8.02. The van der Waals surface area contributed by atoms with Gasteiger partial charge in [-0.15, -0.1) is 0 Å². The average Bonchev–Trinajstić information content (AvgIpc) is 2.81. The van der Waals surface area contributed by atoms with Crippen molar-refractivity contribution in [2.45, 2.75) is 65.3 Å². The standard InChI is InChI=1S/C24H30N2O11S/c1-6-32-23(31)16-7-9-17(10-8-16)25-24(38)26-22-21(36-15(5)30)20(35-14(4)29)19(34-13(3)28)18(37-22)11-33-12(2)27/h7-10,18-22H,6,11H2,1-5H3,(H2,25,26,38)/t18-,19+,20+,21-,22+/m0/s1. The van der Waals surface area contributed by atoms with Crippen LogP contribution in [0.2, 0.25) is 0 Å². The molecule has 14 heteroatoms. The second kappa shape index (κ2) is 14.2. The zero-order valence-electron chi connectivity index (χ0n) is 21.5. The Morgan fingerprint density at radius 1 is 0.816 bits per heavy atom. The fourth-order valence-corrected chi connectivity index (χ4v) is 3.78. The Morgan fingerprint density at radius 2 is 1.37 bits per heavy atom. The minimum Gasteiger partial charge on any atom is -0.463 e. The van der Waals surface area contributed by atoms with Gasteiger partial charge < -0.3 is 39.1 Å². The largest absolute Gasteiger partial charge is 0.463 e. The Morgan fingerprint density at radius 3 is 1.89 bits per heavy atom. The van der Waals surface area contributed by atoms with Gasteiger partial charge in [-0.3, -0.25) is 19.2 Å². The van der Waals surface area contributed by atoms with E-state index in [0.717, 1.165) is 20.8 Å². The van der Waals surface area contributed by atoms with Crippen LogP contribution in [0.1, 0.15) is 45.0 Å². The van der Waals surface area contributed by atoms with Crippen LogP contribution in [0.4, 0.5) is 5.69 Å². The van der Waals surface area contributed by atoms with Crippen LogP contribution in [0.5, 0.6) is 0 Å². The molecule has 38 heavy (non-hydrogen) atoms. The molecular weight excluding hydrogens is 524 g/mol. The summed E-state index contributed by atoms with van der Waals surface area (Å²) in [6, 6.07) is 6.26. The van der Waals surface area contributed by atoms with Gasteiger partial charge in [-0.05, 0) is 43.4 Å². The van der Waals surface area contributed by atoms with E-state index in [1.807, 2.05) is 0 Å². The van der Waals surface area contributed by atoms with E-state index in [9.17, 15) is 24.0 Å². The predicted octanol–water partition coefficient (Wildman–Crippen LogP) is 1.23. The Labute approximate surface area is 224 Å². The van der Waals surface area contributed by atoms with Gasteiger partial charge in [0.15, 0.2) is 29.7 Å². The molecule has 1 heterocycles. The van der Waals surface area contributed by atoms with Crippen molar-refractivity contribution in [2.75, 3.05) is 18.5 Å². The van der Waals surface area contributed by atoms with Crippen molar-refractivity contribution in [2.24, 2.45) is 0 Å². The minimum absolute atomic E-state index is 0.00906. The molecule has 1 saturated heterocycles. The van der Waals surface area contributed by atoms with Crippen LogP contribution in [-0.4, -0.2) is 78.8 Å². The van der Waals surface area contributed by atoms with Gasteiger partial charge in [0, 0.05) is 33.4 Å². The predicted molar refractivity (Wildman–Crippen MR) is 134 cm³/mol. The topological polar surface area (TPSA) is 165 Å². The Bertz CT molecular complexity index is 1050. The number of esters is 5. The van der Waals surface area contributed by atoms with Gasteiger partial charge in [0.2, 0.25) is 0 Å². The summed E-state index contributed by atoms with van der Waals surface area (Å²) in [5.41, 5.74) is 0.844. The van der Waals surface area contributed by atoms with Crippen molar-refractivity contribution in [1.82, 2.24) is 5.32 Å². The molecule has 0 saturated carbocycles. The molecular formula is C24H30N2O11S. The number of hydrogen-bond donors (Lipinski definition) is 2. The average molecular weight is 555 g/mol. The Hall–Kier alpha value is -3.78. The van der Waals surface area contributed by atoms with Gasteiger partial charge in [-0.1, -0.05) is 0 Å². The number of hydrogen-bond acceptors (Lipinski definition) is 12. The molecule has 5 atom stereocenters. The maximum atomic E-state index is 11.9. The monoisotopic (exact) mass is 554 g/mol. The van der Waals surface area contributed by atoms with Crippen molar-refractivity contribution in [3.8, 4) is 0 Å². The highest BCUT2D eigenvalue weighted by Crippen LogP contribution is 2.28. The molecule has 1 fully saturated rings. The highest BCUT2D eigenvalue weighted by molar-refractivity contribution is 7.80. The zero-order valence-corrected chi connectivity index (χ0v) is 22.3. The summed E-state index contributed by atoms with van der Waals surface area (Å²) < 4.78 is 32.0. The lowest BCUT2D eigenvalue weighted by atomic mass is 9.97. The summed E-state index contributed by atoms with van der Waals surface area (Å²) in [6.45, 7) is 6.14. The van der Waals surface area contributed by atoms with E-state index in [2.05, 4.69) is 10.6 Å². The van der Waals surface area contributed by atoms with E-state index in [1.165, 1.54) is 19.1 Å². The van der Waals surface area contributed by atoms with E-state index in [-0.39, 0.29) is 18.3 Å². The summed E-state index contributed by atoms with van der Waals surface area (Å²) >= 11 is 5.37. The number of rotatable bonds is 9. The van der Waals surface area contributed by atoms with Crippen molar-refractivity contribution in [3.63, 3.8) is 0 Å². The molecule has 1 aromatic carbocycles. The zero-order chi connectivity index (χ0) is 28.4. The first-order chi connectivity index (χ1) is 17.9. The number of anilines is 1. The molecule has 0 aliphatic carbocycles. The number of carbonyl (C=O) groups is 5. The summed E-state index contributed by atoms with van der Waals surface area (Å²) in [6.07, 6.45) is -6.29. The van der Waals surface area contributed by atoms with Gasteiger partial charge in [-0.2, -0.15) is 0 Å². The summed E-state index contributed by atoms with van der Waals surface area (Å²) in [4.78, 5) is 58.9. The van der Waals surface area contributed by atoms with Gasteiger partial charge in [-0.25, -0.2) is 4.79 Å². The molecule has 0 spiro atoms. The second-order valence-corrected chi connectivity index (χ2v) is 8.42. The van der Waals surface area contributed by atoms with Gasteiger partial charge in [0.25, 0.3) is 0 Å². The highest BCUT2D eigenvalue weighted by Gasteiger charge is 2.52. The highest BCUT2D eigenvalue weighted by atomic mass is 32.1. The molecule has 0 aromatic heterocycles. The fourth-order valence-electron chi connectivity index (χ4n) is 3.55. The van der Waals surface area contributed by atoms with Crippen LogP contribution in [-0.2, 0) is 47.6 Å². The van der Waals surface area contributed by atoms with Gasteiger partial charge >= 0.3 is 29.8 Å². The third-order valence-electron chi connectivity index (χ3n) is 4.92. The van der Waals surface area contributed by atoms with E-state index < -0.39 is 60.5 Å². The first-order valence-corrected chi connectivity index (χ1v) is 12.0. The van der Waals surface area contributed by atoms with Crippen LogP contribution in [0.3, 0.4) is 0 Å². The molecule has 0 amide bonds. The van der Waals surface area contributed by atoms with Crippen LogP contribution in [0.15, 0.2) is 24.3 Å². The van der Waals surface area contributed by atoms with Crippen LogP contribution >= 0.6 is 12.2 Å². The molecule has 0 unspecified atom stereocenters. The molecule has 2 rings (SSSR count). The van der Waals surface area contributed by atoms with E-state index in [4.69, 9.17) is 40.6 Å². The number of benzene rings is 1. The third-order valence-corrected chi connectivity index (χ3v) is 5.14. The maximum Gasteiger partial charge on any atom is 0.338 e. The number of nitrogens with one attached hydrogen (secondary N) is 2. The van der Waals surface area contributed by atoms with Crippen LogP contribution in [0, 0.1) is 0 Å². The van der Waals surface area contributed by atoms with Crippen molar-refractivity contribution < 1.29 is 52.4 Å². The molecule has 1 aliphatic heterocycles. The lowest BCUT2D eigenvalue weighted by Crippen LogP contribution is -2.66. The molecule has 0 radical (unpaired) electrons. The van der Waals surface area contributed by atoms with E-state index in [1.54, 1.807) is 19.1 Å². The lowest BCUT2D eigenvalue weighted by molar-refractivity contribution is -0.254. The first kappa shape index (κ1) is 30.4. The normalized spacial score (nSPS) is 22.3. The minimum atomic E-state index is -1.33. The van der Waals surface area contributed by atoms with Crippen LogP contribution < -0.4 is 10.6 Å². The first-order valence-electron chi connectivity index (χ1n) is 11.6. The lowest BCUT2D eigenvalue weighted by Gasteiger charge is -2.44. The molecule has 208 valence electrons. The van der Waals surface area contributed by atoms with Crippen molar-refractivity contribution in [1.29, 1.82) is 0 Å². The third kappa shape index (κ3) is 9.27. The summed E-state index contributed by atoms with van der Waals surface area (Å²) in [5.74, 6) is -3.33. The van der Waals surface area contributed by atoms with Crippen LogP contribution in [0.25, 0.3) is 0 Å². The van der Waals surface area contributed by atoms with Gasteiger partial charge in [0.05, 0.1) is 12.2 Å². The van der Waals surface area contributed by atoms with Crippen molar-refractivity contribution >= 4 is 52.9 Å². The fraction of sp³-hybridized carbons (Fsp3) is 0.500. The van der Waals surface area contributed by atoms with E-state index in [0.29, 0.717) is 11.3 Å². The Balaban J connectivity index is 2.30. The number of carbonyl (C=O) groups excluding carboxylic acids is 5. The molecule has 13 nitrogen and oxygen atoms in total. The quantitative estimate of drug-likeness (QED) is 0.254. The number of ether oxygens (including phenoxy) is 6. The molecule has 1 aliphatic rings. The summed E-state index contributed by atoms with van der Waals surface area (Å²) in [7, 11) is 0. The SMILES string of the molecule is CCOC(=O)c1ccc(NC(=S)N[C@@H]2O[C@@H](COC(C)=O)[C@@H](OC(C)=O)[C@@H](OC(C)=O)[C@@H]2OC(C)=O)cc1. The smallest absolute Gasteiger partial charge is 0.338 e. The Kier molecular flexibility index (Phi) is 11.4. The molecule has 2 N–H and O–H groups in total. The number of thiocarbonyl (C=S) groups is 1. The summed E-state index contributed by atoms with van der Waals surface area (Å²) in [5, 5.41) is 5.74. The maximum absolute atomic E-state index is 11.9. The van der Waals surface area contributed by atoms with Crippen molar-refractivity contribution in [3.05, 3.63) is 29.8 Å². The molecule has 1 aromatic rings. The van der Waals surface area contributed by atoms with Gasteiger partial charge in [0.1, 0.15) is 12.7 Å². The molecule has 0 bridgehead atoms. The van der Waals surface area contributed by atoms with E-state index >= 15 is 0 Å².